The second-order valence-corrected chi connectivity index (χ2v) is 5.23. The van der Waals surface area contributed by atoms with Gasteiger partial charge in [-0.2, -0.15) is 0 Å². The van der Waals surface area contributed by atoms with Crippen molar-refractivity contribution in [2.45, 2.75) is 62.9 Å². The van der Waals surface area contributed by atoms with Gasteiger partial charge in [0.1, 0.15) is 0 Å². The van der Waals surface area contributed by atoms with Crippen LogP contribution in [0.1, 0.15) is 51.4 Å². The van der Waals surface area contributed by atoms with Crippen LogP contribution in [0.25, 0.3) is 0 Å². The summed E-state index contributed by atoms with van der Waals surface area (Å²) in [6.45, 7) is 0.0606. The molecule has 0 aromatic carbocycles. The zero-order chi connectivity index (χ0) is 11.4. The molecule has 0 atom stereocenters. The van der Waals surface area contributed by atoms with Gasteiger partial charge in [0, 0.05) is 6.04 Å². The standard InChI is InChI=1S/C12H22N2O2/c15-9-12(7-4-8-12)14-11(16)13-10-5-2-1-3-6-10/h10,15H,1-9H2,(H2,13,14,16). The molecule has 4 nitrogen and oxygen atoms in total. The van der Waals surface area contributed by atoms with Crippen LogP contribution >= 0.6 is 0 Å². The average Bonchev–Trinajstić information content (AvgIpc) is 2.25. The number of aliphatic hydroxyl groups is 1. The van der Waals surface area contributed by atoms with Gasteiger partial charge < -0.3 is 15.7 Å². The Hall–Kier alpha value is -0.770. The minimum absolute atomic E-state index is 0.0606. The average molecular weight is 226 g/mol. The van der Waals surface area contributed by atoms with Crippen LogP contribution in [0.5, 0.6) is 0 Å². The minimum atomic E-state index is -0.321. The van der Waals surface area contributed by atoms with Gasteiger partial charge in [0.05, 0.1) is 12.1 Å². The van der Waals surface area contributed by atoms with Gasteiger partial charge in [-0.05, 0) is 32.1 Å². The van der Waals surface area contributed by atoms with Crippen LogP contribution in [0, 0.1) is 0 Å². The van der Waals surface area contributed by atoms with E-state index in [1.807, 2.05) is 0 Å². The highest BCUT2D eigenvalue weighted by atomic mass is 16.3. The van der Waals surface area contributed by atoms with E-state index in [9.17, 15) is 9.90 Å². The second kappa shape index (κ2) is 5.04. The highest BCUT2D eigenvalue weighted by Crippen LogP contribution is 2.31. The molecule has 16 heavy (non-hydrogen) atoms. The summed E-state index contributed by atoms with van der Waals surface area (Å²) < 4.78 is 0. The first-order valence-electron chi connectivity index (χ1n) is 6.44. The van der Waals surface area contributed by atoms with E-state index in [1.54, 1.807) is 0 Å². The first-order chi connectivity index (χ1) is 7.74. The predicted molar refractivity (Wildman–Crippen MR) is 62.2 cm³/mol. The summed E-state index contributed by atoms with van der Waals surface area (Å²) in [5.74, 6) is 0. The van der Waals surface area contributed by atoms with E-state index in [4.69, 9.17) is 0 Å². The van der Waals surface area contributed by atoms with Gasteiger partial charge in [0.15, 0.2) is 0 Å². The molecule has 2 aliphatic rings. The Morgan fingerprint density at radius 1 is 1.19 bits per heavy atom. The normalized spacial score (nSPS) is 24.6. The molecule has 0 spiro atoms. The summed E-state index contributed by atoms with van der Waals surface area (Å²) in [4.78, 5) is 11.7. The third kappa shape index (κ3) is 2.67. The van der Waals surface area contributed by atoms with Crippen LogP contribution in [0.2, 0.25) is 0 Å². The Kier molecular flexibility index (Phi) is 3.69. The van der Waals surface area contributed by atoms with Gasteiger partial charge in [0.25, 0.3) is 0 Å². The number of nitrogens with one attached hydrogen (secondary N) is 2. The Morgan fingerprint density at radius 3 is 2.38 bits per heavy atom. The van der Waals surface area contributed by atoms with Crippen molar-refractivity contribution in [1.29, 1.82) is 0 Å². The number of aliphatic hydroxyl groups excluding tert-OH is 1. The molecule has 2 amide bonds. The molecule has 0 saturated heterocycles. The Bertz CT molecular complexity index is 240. The molecule has 0 heterocycles. The van der Waals surface area contributed by atoms with E-state index in [-0.39, 0.29) is 18.2 Å². The number of carbonyl (C=O) groups excluding carboxylic acids is 1. The van der Waals surface area contributed by atoms with E-state index < -0.39 is 0 Å². The summed E-state index contributed by atoms with van der Waals surface area (Å²) >= 11 is 0. The Morgan fingerprint density at radius 2 is 1.88 bits per heavy atom. The van der Waals surface area contributed by atoms with Crippen molar-refractivity contribution >= 4 is 6.03 Å². The molecular weight excluding hydrogens is 204 g/mol. The quantitative estimate of drug-likeness (QED) is 0.683. The van der Waals surface area contributed by atoms with Crippen molar-refractivity contribution in [1.82, 2.24) is 10.6 Å². The maximum absolute atomic E-state index is 11.7. The Labute approximate surface area is 96.8 Å². The summed E-state index contributed by atoms with van der Waals surface area (Å²) in [6, 6.07) is 0.241. The smallest absolute Gasteiger partial charge is 0.315 e. The lowest BCUT2D eigenvalue weighted by atomic mass is 9.77. The monoisotopic (exact) mass is 226 g/mol. The molecule has 0 radical (unpaired) electrons. The van der Waals surface area contributed by atoms with Crippen molar-refractivity contribution in [3.8, 4) is 0 Å². The van der Waals surface area contributed by atoms with Crippen LogP contribution < -0.4 is 10.6 Å². The fourth-order valence-electron chi connectivity index (χ4n) is 2.64. The molecule has 2 fully saturated rings. The van der Waals surface area contributed by atoms with Gasteiger partial charge in [-0.3, -0.25) is 0 Å². The lowest BCUT2D eigenvalue weighted by molar-refractivity contribution is 0.0949. The minimum Gasteiger partial charge on any atom is -0.394 e. The first kappa shape index (κ1) is 11.7. The lowest BCUT2D eigenvalue weighted by Gasteiger charge is -2.41. The molecule has 3 N–H and O–H groups in total. The third-order valence-electron chi connectivity index (χ3n) is 3.93. The fraction of sp³-hybridized carbons (Fsp3) is 0.917. The fourth-order valence-corrected chi connectivity index (χ4v) is 2.64. The summed E-state index contributed by atoms with van der Waals surface area (Å²) in [5.41, 5.74) is -0.321. The molecular formula is C12H22N2O2. The zero-order valence-electron chi connectivity index (χ0n) is 9.80. The molecule has 2 aliphatic carbocycles. The first-order valence-corrected chi connectivity index (χ1v) is 6.44. The molecule has 92 valence electrons. The van der Waals surface area contributed by atoms with Gasteiger partial charge in [0.2, 0.25) is 0 Å². The molecule has 2 saturated carbocycles. The highest BCUT2D eigenvalue weighted by Gasteiger charge is 2.37. The van der Waals surface area contributed by atoms with E-state index in [0.717, 1.165) is 32.1 Å². The predicted octanol–water partition coefficient (Wildman–Crippen LogP) is 1.53. The second-order valence-electron chi connectivity index (χ2n) is 5.23. The Balaban J connectivity index is 1.74. The van der Waals surface area contributed by atoms with Crippen molar-refractivity contribution in [3.05, 3.63) is 0 Å². The molecule has 4 heteroatoms. The lowest BCUT2D eigenvalue weighted by Crippen LogP contribution is -2.59. The van der Waals surface area contributed by atoms with Crippen molar-refractivity contribution < 1.29 is 9.90 Å². The van der Waals surface area contributed by atoms with Gasteiger partial charge in [-0.25, -0.2) is 4.79 Å². The van der Waals surface area contributed by atoms with Gasteiger partial charge in [-0.1, -0.05) is 19.3 Å². The third-order valence-corrected chi connectivity index (χ3v) is 3.93. The maximum atomic E-state index is 11.7. The topological polar surface area (TPSA) is 61.4 Å². The SMILES string of the molecule is O=C(NC1CCCCC1)NC1(CO)CCC1. The highest BCUT2D eigenvalue weighted by molar-refractivity contribution is 5.75. The van der Waals surface area contributed by atoms with E-state index >= 15 is 0 Å². The molecule has 0 unspecified atom stereocenters. The summed E-state index contributed by atoms with van der Waals surface area (Å²) in [5, 5.41) is 15.2. The largest absolute Gasteiger partial charge is 0.394 e. The number of hydrogen-bond donors (Lipinski definition) is 3. The number of amides is 2. The van der Waals surface area contributed by atoms with Crippen molar-refractivity contribution in [3.63, 3.8) is 0 Å². The number of rotatable bonds is 3. The number of urea groups is 1. The molecule has 0 aromatic heterocycles. The number of carbonyl (C=O) groups is 1. The maximum Gasteiger partial charge on any atom is 0.315 e. The van der Waals surface area contributed by atoms with Crippen LogP contribution in [0.3, 0.4) is 0 Å². The molecule has 2 rings (SSSR count). The van der Waals surface area contributed by atoms with E-state index in [2.05, 4.69) is 10.6 Å². The van der Waals surface area contributed by atoms with E-state index in [0.29, 0.717) is 6.04 Å². The summed E-state index contributed by atoms with van der Waals surface area (Å²) in [6.07, 6.45) is 8.83. The van der Waals surface area contributed by atoms with Crippen LogP contribution in [-0.4, -0.2) is 29.3 Å². The molecule has 0 bridgehead atoms. The zero-order valence-corrected chi connectivity index (χ0v) is 9.80. The van der Waals surface area contributed by atoms with Gasteiger partial charge in [-0.15, -0.1) is 0 Å². The summed E-state index contributed by atoms with van der Waals surface area (Å²) in [7, 11) is 0. The van der Waals surface area contributed by atoms with Crippen molar-refractivity contribution in [2.24, 2.45) is 0 Å². The molecule has 0 aliphatic heterocycles. The van der Waals surface area contributed by atoms with E-state index in [1.165, 1.54) is 19.3 Å². The van der Waals surface area contributed by atoms with Gasteiger partial charge >= 0.3 is 6.03 Å². The van der Waals surface area contributed by atoms with Crippen LogP contribution in [0.4, 0.5) is 4.79 Å². The number of hydrogen-bond acceptors (Lipinski definition) is 2. The van der Waals surface area contributed by atoms with Crippen LogP contribution in [0.15, 0.2) is 0 Å². The van der Waals surface area contributed by atoms with Crippen molar-refractivity contribution in [2.75, 3.05) is 6.61 Å². The molecule has 0 aromatic rings. The van der Waals surface area contributed by atoms with Crippen LogP contribution in [-0.2, 0) is 0 Å².